The average Bonchev–Trinajstić information content (AvgIpc) is 2.23. The maximum atomic E-state index is 6.20. The maximum absolute atomic E-state index is 6.20. The second-order valence-corrected chi connectivity index (χ2v) is 3.56. The van der Waals surface area contributed by atoms with Crippen LogP contribution in [0.5, 0.6) is 0 Å². The molecule has 2 rings (SSSR count). The molecule has 1 aromatic carbocycles. The van der Waals surface area contributed by atoms with Crippen molar-refractivity contribution in [2.75, 3.05) is 0 Å². The van der Waals surface area contributed by atoms with Crippen LogP contribution in [0.2, 0.25) is 5.02 Å². The number of aryl methyl sites for hydroxylation is 1. The van der Waals surface area contributed by atoms with Crippen LogP contribution in [0.1, 0.15) is 5.56 Å². The third-order valence-corrected chi connectivity index (χ3v) is 2.67. The van der Waals surface area contributed by atoms with Gasteiger partial charge >= 0.3 is 0 Å². The SMILES string of the molecule is Cc1cccc(-c2cccnc2)c1Cl. The quantitative estimate of drug-likeness (QED) is 0.689. The van der Waals surface area contributed by atoms with Crippen LogP contribution >= 0.6 is 11.6 Å². The zero-order valence-electron chi connectivity index (χ0n) is 7.87. The second kappa shape index (κ2) is 3.81. The first-order valence-corrected chi connectivity index (χ1v) is 4.82. The van der Waals surface area contributed by atoms with Crippen LogP contribution in [-0.4, -0.2) is 4.98 Å². The van der Waals surface area contributed by atoms with Crippen molar-refractivity contribution in [2.45, 2.75) is 6.92 Å². The summed E-state index contributed by atoms with van der Waals surface area (Å²) in [5, 5.41) is 0.806. The van der Waals surface area contributed by atoms with Gasteiger partial charge in [-0.25, -0.2) is 0 Å². The van der Waals surface area contributed by atoms with Crippen molar-refractivity contribution >= 4 is 11.6 Å². The minimum atomic E-state index is 0.806. The molecule has 0 spiro atoms. The van der Waals surface area contributed by atoms with Crippen LogP contribution in [-0.2, 0) is 0 Å². The fourth-order valence-corrected chi connectivity index (χ4v) is 1.63. The van der Waals surface area contributed by atoms with Crippen molar-refractivity contribution in [1.29, 1.82) is 0 Å². The van der Waals surface area contributed by atoms with E-state index in [1.165, 1.54) is 0 Å². The van der Waals surface area contributed by atoms with E-state index in [2.05, 4.69) is 4.98 Å². The Labute approximate surface area is 88.4 Å². The van der Waals surface area contributed by atoms with Gasteiger partial charge in [-0.05, 0) is 18.6 Å². The summed E-state index contributed by atoms with van der Waals surface area (Å²) in [6.45, 7) is 2.00. The Hall–Kier alpha value is -1.34. The summed E-state index contributed by atoms with van der Waals surface area (Å²) in [7, 11) is 0. The topological polar surface area (TPSA) is 12.9 Å². The van der Waals surface area contributed by atoms with Gasteiger partial charge in [-0.1, -0.05) is 35.9 Å². The molecule has 0 amide bonds. The molecule has 2 heteroatoms. The molecule has 1 heterocycles. The molecule has 70 valence electrons. The summed E-state index contributed by atoms with van der Waals surface area (Å²) >= 11 is 6.20. The molecular weight excluding hydrogens is 194 g/mol. The summed E-state index contributed by atoms with van der Waals surface area (Å²) in [6.07, 6.45) is 3.58. The van der Waals surface area contributed by atoms with Gasteiger partial charge in [0.25, 0.3) is 0 Å². The summed E-state index contributed by atoms with van der Waals surface area (Å²) in [5.41, 5.74) is 3.19. The molecule has 2 aromatic rings. The predicted molar refractivity (Wildman–Crippen MR) is 59.4 cm³/mol. The van der Waals surface area contributed by atoms with Gasteiger partial charge in [0.05, 0.1) is 5.02 Å². The van der Waals surface area contributed by atoms with Gasteiger partial charge in [-0.2, -0.15) is 0 Å². The van der Waals surface area contributed by atoms with E-state index in [4.69, 9.17) is 11.6 Å². The molecule has 0 saturated carbocycles. The van der Waals surface area contributed by atoms with E-state index in [0.717, 1.165) is 21.7 Å². The fraction of sp³-hybridized carbons (Fsp3) is 0.0833. The lowest BCUT2D eigenvalue weighted by Gasteiger charge is -2.05. The van der Waals surface area contributed by atoms with Crippen molar-refractivity contribution in [2.24, 2.45) is 0 Å². The Morgan fingerprint density at radius 3 is 2.71 bits per heavy atom. The van der Waals surface area contributed by atoms with Crippen LogP contribution in [0.3, 0.4) is 0 Å². The van der Waals surface area contributed by atoms with Gasteiger partial charge in [-0.15, -0.1) is 0 Å². The third kappa shape index (κ3) is 1.64. The normalized spacial score (nSPS) is 10.1. The van der Waals surface area contributed by atoms with Crippen molar-refractivity contribution in [3.05, 3.63) is 53.3 Å². The highest BCUT2D eigenvalue weighted by molar-refractivity contribution is 6.34. The monoisotopic (exact) mass is 203 g/mol. The summed E-state index contributed by atoms with van der Waals surface area (Å²) in [6, 6.07) is 9.93. The van der Waals surface area contributed by atoms with E-state index < -0.39 is 0 Å². The molecule has 0 N–H and O–H groups in total. The Kier molecular flexibility index (Phi) is 2.51. The first-order valence-electron chi connectivity index (χ1n) is 4.44. The van der Waals surface area contributed by atoms with Gasteiger partial charge < -0.3 is 0 Å². The second-order valence-electron chi connectivity index (χ2n) is 3.18. The number of aromatic nitrogens is 1. The van der Waals surface area contributed by atoms with Crippen LogP contribution < -0.4 is 0 Å². The molecule has 0 saturated heterocycles. The zero-order valence-corrected chi connectivity index (χ0v) is 8.62. The van der Waals surface area contributed by atoms with Crippen molar-refractivity contribution in [1.82, 2.24) is 4.98 Å². The fourth-order valence-electron chi connectivity index (χ4n) is 1.39. The van der Waals surface area contributed by atoms with E-state index in [1.54, 1.807) is 6.20 Å². The van der Waals surface area contributed by atoms with Gasteiger partial charge in [0.2, 0.25) is 0 Å². The van der Waals surface area contributed by atoms with Gasteiger partial charge in [-0.3, -0.25) is 4.98 Å². The number of nitrogens with zero attached hydrogens (tertiary/aromatic N) is 1. The van der Waals surface area contributed by atoms with Crippen LogP contribution in [0.4, 0.5) is 0 Å². The molecule has 0 aliphatic rings. The number of hydrogen-bond acceptors (Lipinski definition) is 1. The van der Waals surface area contributed by atoms with E-state index in [0.29, 0.717) is 0 Å². The Balaban J connectivity index is 2.58. The third-order valence-electron chi connectivity index (χ3n) is 2.16. The minimum absolute atomic E-state index is 0.806. The Morgan fingerprint density at radius 2 is 2.00 bits per heavy atom. The predicted octanol–water partition coefficient (Wildman–Crippen LogP) is 3.71. The van der Waals surface area contributed by atoms with Crippen LogP contribution in [0.25, 0.3) is 11.1 Å². The zero-order chi connectivity index (χ0) is 9.97. The van der Waals surface area contributed by atoms with Crippen LogP contribution in [0, 0.1) is 6.92 Å². The summed E-state index contributed by atoms with van der Waals surface area (Å²) in [4.78, 5) is 4.07. The Bertz CT molecular complexity index is 437. The highest BCUT2D eigenvalue weighted by atomic mass is 35.5. The number of pyridine rings is 1. The van der Waals surface area contributed by atoms with Crippen LogP contribution in [0.15, 0.2) is 42.7 Å². The molecular formula is C12H10ClN. The van der Waals surface area contributed by atoms with Crippen molar-refractivity contribution < 1.29 is 0 Å². The smallest absolute Gasteiger partial charge is 0.0514 e. The lowest BCUT2D eigenvalue weighted by molar-refractivity contribution is 1.33. The molecule has 1 nitrogen and oxygen atoms in total. The molecule has 0 aliphatic carbocycles. The minimum Gasteiger partial charge on any atom is -0.264 e. The maximum Gasteiger partial charge on any atom is 0.0514 e. The molecule has 1 aromatic heterocycles. The molecule has 0 unspecified atom stereocenters. The Morgan fingerprint density at radius 1 is 1.14 bits per heavy atom. The number of rotatable bonds is 1. The lowest BCUT2D eigenvalue weighted by Crippen LogP contribution is -1.83. The molecule has 0 atom stereocenters. The number of benzene rings is 1. The van der Waals surface area contributed by atoms with E-state index in [-0.39, 0.29) is 0 Å². The highest BCUT2D eigenvalue weighted by Crippen LogP contribution is 2.29. The van der Waals surface area contributed by atoms with Crippen molar-refractivity contribution in [3.8, 4) is 11.1 Å². The first-order chi connectivity index (χ1) is 6.79. The molecule has 0 bridgehead atoms. The molecule has 0 fully saturated rings. The summed E-state index contributed by atoms with van der Waals surface area (Å²) < 4.78 is 0. The van der Waals surface area contributed by atoms with Crippen molar-refractivity contribution in [3.63, 3.8) is 0 Å². The number of hydrogen-bond donors (Lipinski definition) is 0. The van der Waals surface area contributed by atoms with E-state index >= 15 is 0 Å². The average molecular weight is 204 g/mol. The van der Waals surface area contributed by atoms with E-state index in [9.17, 15) is 0 Å². The molecule has 0 aliphatic heterocycles. The highest BCUT2D eigenvalue weighted by Gasteiger charge is 2.04. The lowest BCUT2D eigenvalue weighted by atomic mass is 10.1. The summed E-state index contributed by atoms with van der Waals surface area (Å²) in [5.74, 6) is 0. The number of halogens is 1. The first kappa shape index (κ1) is 9.22. The van der Waals surface area contributed by atoms with Gasteiger partial charge in [0.15, 0.2) is 0 Å². The standard InChI is InChI=1S/C12H10ClN/c1-9-4-2-6-11(12(9)13)10-5-3-7-14-8-10/h2-8H,1H3. The van der Waals surface area contributed by atoms with Gasteiger partial charge in [0, 0.05) is 23.5 Å². The molecule has 0 radical (unpaired) electrons. The van der Waals surface area contributed by atoms with E-state index in [1.807, 2.05) is 43.5 Å². The largest absolute Gasteiger partial charge is 0.264 e. The molecule has 14 heavy (non-hydrogen) atoms. The van der Waals surface area contributed by atoms with Gasteiger partial charge in [0.1, 0.15) is 0 Å².